The minimum absolute atomic E-state index is 0.0127. The number of hydrogen-bond donors (Lipinski definition) is 1. The predicted octanol–water partition coefficient (Wildman–Crippen LogP) is 0.555. The molecule has 0 aromatic carbocycles. The number of carbonyl (C=O) groups is 2. The third-order valence-corrected chi connectivity index (χ3v) is 3.29. The molecule has 1 aliphatic heterocycles. The molecule has 1 rings (SSSR count). The Labute approximate surface area is 120 Å². The first-order valence-electron chi connectivity index (χ1n) is 7.39. The summed E-state index contributed by atoms with van der Waals surface area (Å²) in [5, 5.41) is 3.09. The first-order valence-corrected chi connectivity index (χ1v) is 7.39. The topological polar surface area (TPSA) is 67.9 Å². The van der Waals surface area contributed by atoms with Gasteiger partial charge in [0.05, 0.1) is 25.9 Å². The zero-order chi connectivity index (χ0) is 15.0. The molecular formula is C14H26N2O4. The highest BCUT2D eigenvalue weighted by molar-refractivity contribution is 5.83. The molecule has 20 heavy (non-hydrogen) atoms. The summed E-state index contributed by atoms with van der Waals surface area (Å²) >= 11 is 0. The third kappa shape index (κ3) is 5.09. The largest absolute Gasteiger partial charge is 0.465 e. The molecule has 0 aromatic rings. The second kappa shape index (κ2) is 8.92. The normalized spacial score (nSPS) is 18.4. The Hall–Kier alpha value is -1.14. The van der Waals surface area contributed by atoms with Gasteiger partial charge in [0.1, 0.15) is 6.04 Å². The van der Waals surface area contributed by atoms with Crippen molar-refractivity contribution in [2.24, 2.45) is 0 Å². The van der Waals surface area contributed by atoms with Crippen molar-refractivity contribution in [2.75, 3.05) is 32.9 Å². The summed E-state index contributed by atoms with van der Waals surface area (Å²) in [6.07, 6.45) is 1.52. The van der Waals surface area contributed by atoms with E-state index >= 15 is 0 Å². The fourth-order valence-corrected chi connectivity index (χ4v) is 2.23. The molecule has 1 fully saturated rings. The molecule has 116 valence electrons. The van der Waals surface area contributed by atoms with E-state index in [1.807, 2.05) is 6.92 Å². The highest BCUT2D eigenvalue weighted by Crippen LogP contribution is 2.05. The van der Waals surface area contributed by atoms with Crippen molar-refractivity contribution < 1.29 is 19.1 Å². The SMILES string of the molecule is CCCC(NC(C)C(=O)N1CCOCC1)C(=O)OCC. The van der Waals surface area contributed by atoms with Gasteiger partial charge in [0, 0.05) is 13.1 Å². The number of ether oxygens (including phenoxy) is 2. The number of hydrogen-bond acceptors (Lipinski definition) is 5. The molecule has 1 N–H and O–H groups in total. The molecule has 2 unspecified atom stereocenters. The van der Waals surface area contributed by atoms with Crippen LogP contribution in [0.1, 0.15) is 33.6 Å². The van der Waals surface area contributed by atoms with Gasteiger partial charge in [-0.25, -0.2) is 0 Å². The van der Waals surface area contributed by atoms with Crippen LogP contribution in [0.5, 0.6) is 0 Å². The molecule has 1 saturated heterocycles. The lowest BCUT2D eigenvalue weighted by atomic mass is 10.1. The summed E-state index contributed by atoms with van der Waals surface area (Å²) in [6.45, 7) is 8.31. The molecule has 6 heteroatoms. The van der Waals surface area contributed by atoms with Crippen LogP contribution in [-0.2, 0) is 19.1 Å². The Bertz CT molecular complexity index is 316. The Balaban J connectivity index is 2.52. The molecule has 0 aromatic heterocycles. The minimum Gasteiger partial charge on any atom is -0.465 e. The molecule has 0 aliphatic carbocycles. The van der Waals surface area contributed by atoms with E-state index in [9.17, 15) is 9.59 Å². The van der Waals surface area contributed by atoms with E-state index in [-0.39, 0.29) is 11.9 Å². The van der Waals surface area contributed by atoms with Crippen LogP contribution in [0.25, 0.3) is 0 Å². The monoisotopic (exact) mass is 286 g/mol. The van der Waals surface area contributed by atoms with E-state index in [2.05, 4.69) is 5.32 Å². The van der Waals surface area contributed by atoms with Crippen molar-refractivity contribution in [1.29, 1.82) is 0 Å². The summed E-state index contributed by atoms with van der Waals surface area (Å²) in [6, 6.07) is -0.811. The molecular weight excluding hydrogens is 260 g/mol. The Kier molecular flexibility index (Phi) is 7.54. The number of esters is 1. The fourth-order valence-electron chi connectivity index (χ4n) is 2.23. The van der Waals surface area contributed by atoms with Gasteiger partial charge in [0.2, 0.25) is 5.91 Å². The van der Waals surface area contributed by atoms with Crippen molar-refractivity contribution in [3.8, 4) is 0 Å². The first-order chi connectivity index (χ1) is 9.60. The molecule has 0 bridgehead atoms. The van der Waals surface area contributed by atoms with Gasteiger partial charge in [-0.3, -0.25) is 14.9 Å². The number of morpholine rings is 1. The van der Waals surface area contributed by atoms with Gasteiger partial charge < -0.3 is 14.4 Å². The summed E-state index contributed by atoms with van der Waals surface area (Å²) < 4.78 is 10.3. The summed E-state index contributed by atoms with van der Waals surface area (Å²) in [7, 11) is 0. The van der Waals surface area contributed by atoms with E-state index in [0.29, 0.717) is 39.3 Å². The first kappa shape index (κ1) is 16.9. The van der Waals surface area contributed by atoms with Crippen molar-refractivity contribution in [1.82, 2.24) is 10.2 Å². The Morgan fingerprint density at radius 2 is 1.95 bits per heavy atom. The lowest BCUT2D eigenvalue weighted by molar-refractivity contribution is -0.146. The summed E-state index contributed by atoms with van der Waals surface area (Å²) in [5.41, 5.74) is 0. The number of amides is 1. The van der Waals surface area contributed by atoms with Gasteiger partial charge in [0.25, 0.3) is 0 Å². The number of carbonyl (C=O) groups excluding carboxylic acids is 2. The van der Waals surface area contributed by atoms with Crippen LogP contribution in [0.15, 0.2) is 0 Å². The molecule has 0 spiro atoms. The zero-order valence-electron chi connectivity index (χ0n) is 12.7. The van der Waals surface area contributed by atoms with Gasteiger partial charge >= 0.3 is 5.97 Å². The van der Waals surface area contributed by atoms with E-state index in [1.54, 1.807) is 18.7 Å². The maximum Gasteiger partial charge on any atom is 0.323 e. The van der Waals surface area contributed by atoms with Gasteiger partial charge in [-0.2, -0.15) is 0 Å². The van der Waals surface area contributed by atoms with Crippen LogP contribution in [0, 0.1) is 0 Å². The van der Waals surface area contributed by atoms with Gasteiger partial charge in [-0.05, 0) is 20.3 Å². The molecule has 2 atom stereocenters. The predicted molar refractivity (Wildman–Crippen MR) is 75.3 cm³/mol. The highest BCUT2D eigenvalue weighted by atomic mass is 16.5. The molecule has 6 nitrogen and oxygen atoms in total. The lowest BCUT2D eigenvalue weighted by Crippen LogP contribution is -2.53. The van der Waals surface area contributed by atoms with Gasteiger partial charge in [-0.15, -0.1) is 0 Å². The van der Waals surface area contributed by atoms with Crippen molar-refractivity contribution in [3.05, 3.63) is 0 Å². The molecule has 1 aliphatic rings. The average molecular weight is 286 g/mol. The van der Waals surface area contributed by atoms with Crippen molar-refractivity contribution >= 4 is 11.9 Å². The van der Waals surface area contributed by atoms with Crippen molar-refractivity contribution in [3.63, 3.8) is 0 Å². The van der Waals surface area contributed by atoms with E-state index in [1.165, 1.54) is 0 Å². The minimum atomic E-state index is -0.417. The standard InChI is InChI=1S/C14H26N2O4/c1-4-6-12(14(18)20-5-2)15-11(3)13(17)16-7-9-19-10-8-16/h11-12,15H,4-10H2,1-3H3. The van der Waals surface area contributed by atoms with Crippen LogP contribution in [0.3, 0.4) is 0 Å². The van der Waals surface area contributed by atoms with Crippen LogP contribution >= 0.6 is 0 Å². The summed E-state index contributed by atoms with van der Waals surface area (Å²) in [4.78, 5) is 25.9. The number of rotatable bonds is 7. The zero-order valence-corrected chi connectivity index (χ0v) is 12.7. The Morgan fingerprint density at radius 1 is 1.30 bits per heavy atom. The fraction of sp³-hybridized carbons (Fsp3) is 0.857. The maximum atomic E-state index is 12.3. The third-order valence-electron chi connectivity index (χ3n) is 3.29. The second-order valence-corrected chi connectivity index (χ2v) is 4.92. The van der Waals surface area contributed by atoms with Gasteiger partial charge in [0.15, 0.2) is 0 Å². The van der Waals surface area contributed by atoms with Crippen LogP contribution < -0.4 is 5.32 Å². The maximum absolute atomic E-state index is 12.3. The van der Waals surface area contributed by atoms with E-state index in [4.69, 9.17) is 9.47 Å². The number of nitrogens with one attached hydrogen (secondary N) is 1. The van der Waals surface area contributed by atoms with E-state index in [0.717, 1.165) is 6.42 Å². The lowest BCUT2D eigenvalue weighted by Gasteiger charge is -2.30. The number of nitrogens with zero attached hydrogens (tertiary/aromatic N) is 1. The van der Waals surface area contributed by atoms with Crippen LogP contribution in [0.4, 0.5) is 0 Å². The molecule has 0 saturated carbocycles. The molecule has 1 heterocycles. The Morgan fingerprint density at radius 3 is 2.50 bits per heavy atom. The molecule has 1 amide bonds. The van der Waals surface area contributed by atoms with E-state index < -0.39 is 12.1 Å². The summed E-state index contributed by atoms with van der Waals surface area (Å²) in [5.74, 6) is -0.269. The van der Waals surface area contributed by atoms with Crippen LogP contribution in [-0.4, -0.2) is 61.8 Å². The second-order valence-electron chi connectivity index (χ2n) is 4.92. The van der Waals surface area contributed by atoms with Crippen molar-refractivity contribution in [2.45, 2.75) is 45.7 Å². The van der Waals surface area contributed by atoms with Crippen LogP contribution in [0.2, 0.25) is 0 Å². The molecule has 0 radical (unpaired) electrons. The van der Waals surface area contributed by atoms with Gasteiger partial charge in [-0.1, -0.05) is 13.3 Å². The smallest absolute Gasteiger partial charge is 0.323 e. The average Bonchev–Trinajstić information content (AvgIpc) is 2.47. The highest BCUT2D eigenvalue weighted by Gasteiger charge is 2.27. The quantitative estimate of drug-likeness (QED) is 0.692.